The van der Waals surface area contributed by atoms with E-state index in [1.165, 1.54) is 22.4 Å². The Labute approximate surface area is 228 Å². The number of carbonyl (C=O) groups excluding carboxylic acids is 1. The summed E-state index contributed by atoms with van der Waals surface area (Å²) in [5, 5.41) is 3.33. The van der Waals surface area contributed by atoms with Crippen molar-refractivity contribution >= 4 is 23.5 Å². The van der Waals surface area contributed by atoms with Crippen LogP contribution in [-0.4, -0.2) is 37.9 Å². The SMILES string of the molecule is COc1ccc(-n2cc(-c3ccccc3)nc2SCC(=O)Nc2cc(=O)[nH]c(=O)n2-c2ccc(C)cc2)cc1. The first-order chi connectivity index (χ1) is 18.9. The topological polar surface area (TPSA) is 111 Å². The van der Waals surface area contributed by atoms with E-state index in [0.29, 0.717) is 10.8 Å². The monoisotopic (exact) mass is 539 g/mol. The molecule has 196 valence electrons. The maximum atomic E-state index is 13.0. The zero-order valence-electron chi connectivity index (χ0n) is 21.3. The highest BCUT2D eigenvalue weighted by Crippen LogP contribution is 2.28. The van der Waals surface area contributed by atoms with Crippen molar-refractivity contribution in [1.82, 2.24) is 19.1 Å². The molecular weight excluding hydrogens is 514 g/mol. The number of aromatic nitrogens is 4. The summed E-state index contributed by atoms with van der Waals surface area (Å²) in [6.07, 6.45) is 1.92. The molecule has 2 N–H and O–H groups in total. The third-order valence-electron chi connectivity index (χ3n) is 5.93. The van der Waals surface area contributed by atoms with E-state index in [9.17, 15) is 14.4 Å². The van der Waals surface area contributed by atoms with E-state index in [2.05, 4.69) is 10.3 Å². The molecule has 0 aliphatic rings. The Hall–Kier alpha value is -4.83. The van der Waals surface area contributed by atoms with E-state index < -0.39 is 17.2 Å². The van der Waals surface area contributed by atoms with Crippen LogP contribution >= 0.6 is 11.8 Å². The minimum Gasteiger partial charge on any atom is -0.497 e. The number of imidazole rings is 1. The van der Waals surface area contributed by atoms with Crippen LogP contribution in [-0.2, 0) is 4.79 Å². The fourth-order valence-electron chi connectivity index (χ4n) is 3.99. The largest absolute Gasteiger partial charge is 0.497 e. The zero-order chi connectivity index (χ0) is 27.4. The summed E-state index contributed by atoms with van der Waals surface area (Å²) < 4.78 is 8.45. The van der Waals surface area contributed by atoms with Gasteiger partial charge in [0.15, 0.2) is 5.16 Å². The summed E-state index contributed by atoms with van der Waals surface area (Å²) in [6.45, 7) is 1.93. The van der Waals surface area contributed by atoms with Gasteiger partial charge in [-0.25, -0.2) is 14.3 Å². The van der Waals surface area contributed by atoms with Gasteiger partial charge in [-0.2, -0.15) is 0 Å². The molecule has 0 aliphatic carbocycles. The number of nitrogens with zero attached hydrogens (tertiary/aromatic N) is 3. The predicted octanol–water partition coefficient (Wildman–Crippen LogP) is 4.43. The van der Waals surface area contributed by atoms with E-state index in [0.717, 1.165) is 28.3 Å². The van der Waals surface area contributed by atoms with Gasteiger partial charge in [-0.1, -0.05) is 59.8 Å². The van der Waals surface area contributed by atoms with Crippen LogP contribution in [0.1, 0.15) is 5.56 Å². The molecule has 2 aromatic heterocycles. The third-order valence-corrected chi connectivity index (χ3v) is 6.88. The molecule has 2 heterocycles. The molecule has 0 saturated carbocycles. The molecule has 0 unspecified atom stereocenters. The second-order valence-corrected chi connectivity index (χ2v) is 9.62. The van der Waals surface area contributed by atoms with Gasteiger partial charge in [-0.15, -0.1) is 0 Å². The lowest BCUT2D eigenvalue weighted by molar-refractivity contribution is -0.113. The molecule has 0 spiro atoms. The van der Waals surface area contributed by atoms with Crippen molar-refractivity contribution in [2.75, 3.05) is 18.2 Å². The zero-order valence-corrected chi connectivity index (χ0v) is 22.1. The number of anilines is 1. The van der Waals surface area contributed by atoms with E-state index in [-0.39, 0.29) is 11.6 Å². The summed E-state index contributed by atoms with van der Waals surface area (Å²) >= 11 is 1.24. The average Bonchev–Trinajstić information content (AvgIpc) is 3.37. The number of ether oxygens (including phenoxy) is 1. The van der Waals surface area contributed by atoms with Crippen LogP contribution in [0.5, 0.6) is 5.75 Å². The number of benzene rings is 3. The van der Waals surface area contributed by atoms with E-state index in [4.69, 9.17) is 9.72 Å². The van der Waals surface area contributed by atoms with Crippen LogP contribution in [0.25, 0.3) is 22.6 Å². The van der Waals surface area contributed by atoms with Gasteiger partial charge in [0.05, 0.1) is 24.2 Å². The summed E-state index contributed by atoms with van der Waals surface area (Å²) in [5.74, 6) is 0.419. The molecule has 0 radical (unpaired) electrons. The molecule has 3 aromatic carbocycles. The Morgan fingerprint density at radius 1 is 0.974 bits per heavy atom. The van der Waals surface area contributed by atoms with Crippen LogP contribution in [0.3, 0.4) is 0 Å². The number of carbonyl (C=O) groups is 1. The molecular formula is C29H25N5O4S. The molecule has 39 heavy (non-hydrogen) atoms. The molecule has 10 heteroatoms. The van der Waals surface area contributed by atoms with Crippen molar-refractivity contribution in [2.45, 2.75) is 12.1 Å². The van der Waals surface area contributed by atoms with Crippen LogP contribution in [0.15, 0.2) is 106 Å². The summed E-state index contributed by atoms with van der Waals surface area (Å²) in [6, 6.07) is 25.7. The van der Waals surface area contributed by atoms with E-state index >= 15 is 0 Å². The molecule has 0 atom stereocenters. The van der Waals surface area contributed by atoms with Crippen molar-refractivity contribution in [3.8, 4) is 28.4 Å². The third kappa shape index (κ3) is 5.86. The number of nitrogens with one attached hydrogen (secondary N) is 2. The number of amides is 1. The highest BCUT2D eigenvalue weighted by Gasteiger charge is 2.16. The standard InChI is InChI=1S/C29H25N5O4S/c1-19-8-10-22(11-9-19)34-25(16-26(35)32-28(34)37)31-27(36)18-39-29-30-24(20-6-4-3-5-7-20)17-33(29)21-12-14-23(38-2)15-13-21/h3-17H,18H2,1-2H3,(H,31,36)(H,32,35,37). The lowest BCUT2D eigenvalue weighted by Crippen LogP contribution is -2.32. The maximum absolute atomic E-state index is 13.0. The van der Waals surface area contributed by atoms with Crippen molar-refractivity contribution in [3.63, 3.8) is 0 Å². The summed E-state index contributed by atoms with van der Waals surface area (Å²) in [4.78, 5) is 44.7. The number of aromatic amines is 1. The summed E-state index contributed by atoms with van der Waals surface area (Å²) in [7, 11) is 1.61. The maximum Gasteiger partial charge on any atom is 0.334 e. The van der Waals surface area contributed by atoms with Crippen LogP contribution < -0.4 is 21.3 Å². The van der Waals surface area contributed by atoms with Gasteiger partial charge in [0.25, 0.3) is 5.56 Å². The lowest BCUT2D eigenvalue weighted by atomic mass is 10.2. The highest BCUT2D eigenvalue weighted by molar-refractivity contribution is 7.99. The van der Waals surface area contributed by atoms with Gasteiger partial charge >= 0.3 is 5.69 Å². The van der Waals surface area contributed by atoms with Crippen LogP contribution in [0.2, 0.25) is 0 Å². The summed E-state index contributed by atoms with van der Waals surface area (Å²) in [5.41, 5.74) is 2.86. The number of thioether (sulfide) groups is 1. The van der Waals surface area contributed by atoms with Crippen molar-refractivity contribution in [1.29, 1.82) is 0 Å². The average molecular weight is 540 g/mol. The number of aryl methyl sites for hydroxylation is 1. The predicted molar refractivity (Wildman–Crippen MR) is 152 cm³/mol. The fourth-order valence-corrected chi connectivity index (χ4v) is 4.78. The van der Waals surface area contributed by atoms with Gasteiger partial charge in [0.2, 0.25) is 5.91 Å². The molecule has 1 amide bonds. The second-order valence-electron chi connectivity index (χ2n) is 8.67. The molecule has 0 fully saturated rings. The van der Waals surface area contributed by atoms with Gasteiger partial charge in [-0.05, 0) is 43.3 Å². The first-order valence-electron chi connectivity index (χ1n) is 12.1. The number of H-pyrrole nitrogens is 1. The lowest BCUT2D eigenvalue weighted by Gasteiger charge is -2.13. The number of methoxy groups -OCH3 is 1. The van der Waals surface area contributed by atoms with Gasteiger partial charge in [-0.3, -0.25) is 19.1 Å². The number of hydrogen-bond acceptors (Lipinski definition) is 6. The first-order valence-corrected chi connectivity index (χ1v) is 13.0. The van der Waals surface area contributed by atoms with Crippen LogP contribution in [0, 0.1) is 6.92 Å². The smallest absolute Gasteiger partial charge is 0.334 e. The van der Waals surface area contributed by atoms with Gasteiger partial charge < -0.3 is 10.1 Å². The van der Waals surface area contributed by atoms with Gasteiger partial charge in [0, 0.05) is 23.5 Å². The Morgan fingerprint density at radius 2 is 1.67 bits per heavy atom. The van der Waals surface area contributed by atoms with Crippen molar-refractivity contribution < 1.29 is 9.53 Å². The number of rotatable bonds is 8. The Morgan fingerprint density at radius 3 is 2.36 bits per heavy atom. The molecule has 0 saturated heterocycles. The Kier molecular flexibility index (Phi) is 7.46. The molecule has 0 aliphatic heterocycles. The minimum atomic E-state index is -0.642. The Bertz CT molecular complexity index is 1720. The normalized spacial score (nSPS) is 10.8. The highest BCUT2D eigenvalue weighted by atomic mass is 32.2. The van der Waals surface area contributed by atoms with Crippen molar-refractivity contribution in [2.24, 2.45) is 0 Å². The Balaban J connectivity index is 1.41. The number of hydrogen-bond donors (Lipinski definition) is 2. The van der Waals surface area contributed by atoms with Gasteiger partial charge in [0.1, 0.15) is 11.6 Å². The minimum absolute atomic E-state index is 0.00369. The molecule has 5 aromatic rings. The van der Waals surface area contributed by atoms with Crippen LogP contribution in [0.4, 0.5) is 5.82 Å². The quantitative estimate of drug-likeness (QED) is 0.282. The van der Waals surface area contributed by atoms with E-state index in [1.54, 1.807) is 19.2 Å². The van der Waals surface area contributed by atoms with E-state index in [1.807, 2.05) is 84.4 Å². The first kappa shape index (κ1) is 25.8. The van der Waals surface area contributed by atoms with Crippen molar-refractivity contribution in [3.05, 3.63) is 118 Å². The molecule has 5 rings (SSSR count). The second kappa shape index (κ2) is 11.3. The molecule has 0 bridgehead atoms. The molecule has 9 nitrogen and oxygen atoms in total. The fraction of sp³-hybridized carbons (Fsp3) is 0.103.